The minimum absolute atomic E-state index is 0.175. The third-order valence-corrected chi connectivity index (χ3v) is 5.54. The van der Waals surface area contributed by atoms with Crippen LogP contribution in [0, 0.1) is 13.8 Å². The number of carbonyl (C=O) groups excluding carboxylic acids is 2. The van der Waals surface area contributed by atoms with Gasteiger partial charge in [-0.2, -0.15) is 0 Å². The first-order valence-corrected chi connectivity index (χ1v) is 9.69. The predicted molar refractivity (Wildman–Crippen MR) is 110 cm³/mol. The van der Waals surface area contributed by atoms with E-state index in [2.05, 4.69) is 0 Å². The van der Waals surface area contributed by atoms with Gasteiger partial charge in [0.2, 0.25) is 0 Å². The number of thioether (sulfide) groups is 1. The number of imide groups is 1. The molecule has 0 unspecified atom stereocenters. The van der Waals surface area contributed by atoms with Gasteiger partial charge in [-0.15, -0.1) is 11.8 Å². The van der Waals surface area contributed by atoms with Crippen LogP contribution in [-0.4, -0.2) is 17.1 Å². The zero-order valence-corrected chi connectivity index (χ0v) is 16.7. The van der Waals surface area contributed by atoms with Gasteiger partial charge in [0.25, 0.3) is 11.8 Å². The molecule has 0 aromatic heterocycles. The number of hydrogen-bond donors (Lipinski definition) is 0. The van der Waals surface area contributed by atoms with Crippen LogP contribution in [0.3, 0.4) is 0 Å². The normalized spacial score (nSPS) is 14.8. The number of benzene rings is 2. The summed E-state index contributed by atoms with van der Waals surface area (Å²) in [7, 11) is 0. The van der Waals surface area contributed by atoms with Crippen molar-refractivity contribution in [3.8, 4) is 0 Å². The summed E-state index contributed by atoms with van der Waals surface area (Å²) in [6, 6.07) is 12.8. The minimum atomic E-state index is -0.321. The Kier molecular flexibility index (Phi) is 5.26. The van der Waals surface area contributed by atoms with Crippen LogP contribution in [0.2, 0.25) is 5.02 Å². The van der Waals surface area contributed by atoms with Gasteiger partial charge < -0.3 is 0 Å². The molecule has 3 rings (SSSR count). The van der Waals surface area contributed by atoms with Crippen LogP contribution in [0.25, 0.3) is 5.57 Å². The molecule has 2 aromatic carbocycles. The maximum Gasteiger partial charge on any atom is 0.272 e. The van der Waals surface area contributed by atoms with E-state index in [1.54, 1.807) is 24.3 Å². The predicted octanol–water partition coefficient (Wildman–Crippen LogP) is 5.38. The topological polar surface area (TPSA) is 37.4 Å². The van der Waals surface area contributed by atoms with Crippen LogP contribution in [-0.2, 0) is 9.59 Å². The summed E-state index contributed by atoms with van der Waals surface area (Å²) < 4.78 is 0. The first-order valence-electron chi connectivity index (χ1n) is 8.43. The fourth-order valence-electron chi connectivity index (χ4n) is 3.04. The molecular formula is C21H20ClNO2S. The summed E-state index contributed by atoms with van der Waals surface area (Å²) in [5.74, 6) is -0.630. The first-order chi connectivity index (χ1) is 12.3. The van der Waals surface area contributed by atoms with E-state index in [0.29, 0.717) is 21.2 Å². The molecule has 1 heterocycles. The number of amides is 2. The van der Waals surface area contributed by atoms with E-state index in [9.17, 15) is 9.59 Å². The number of anilines is 1. The lowest BCUT2D eigenvalue weighted by molar-refractivity contribution is -0.119. The van der Waals surface area contributed by atoms with Crippen molar-refractivity contribution in [2.45, 2.75) is 32.9 Å². The molecule has 0 saturated carbocycles. The molecule has 2 amide bonds. The maximum atomic E-state index is 13.3. The SMILES string of the molecule is Cc1ccc(C2=C(SC(C)C)C(=O)N(c3ccccc3Cl)C2=O)c(C)c1. The molecule has 0 radical (unpaired) electrons. The third-order valence-electron chi connectivity index (χ3n) is 4.14. The quantitative estimate of drug-likeness (QED) is 0.663. The van der Waals surface area contributed by atoms with E-state index in [1.165, 1.54) is 16.7 Å². The molecule has 134 valence electrons. The highest BCUT2D eigenvalue weighted by molar-refractivity contribution is 8.04. The third kappa shape index (κ3) is 3.31. The Bertz CT molecular complexity index is 933. The summed E-state index contributed by atoms with van der Waals surface area (Å²) in [5.41, 5.74) is 3.78. The molecule has 0 fully saturated rings. The zero-order chi connectivity index (χ0) is 19.0. The van der Waals surface area contributed by atoms with Crippen LogP contribution in [0.5, 0.6) is 0 Å². The highest BCUT2D eigenvalue weighted by Crippen LogP contribution is 2.42. The number of aryl methyl sites for hydroxylation is 2. The largest absolute Gasteiger partial charge is 0.272 e. The lowest BCUT2D eigenvalue weighted by Crippen LogP contribution is -2.31. The molecule has 0 aliphatic carbocycles. The Morgan fingerprint density at radius 3 is 2.31 bits per heavy atom. The number of rotatable bonds is 4. The van der Waals surface area contributed by atoms with Gasteiger partial charge in [-0.25, -0.2) is 4.90 Å². The Labute approximate surface area is 163 Å². The van der Waals surface area contributed by atoms with Gasteiger partial charge in [-0.1, -0.05) is 61.3 Å². The molecule has 0 spiro atoms. The van der Waals surface area contributed by atoms with Gasteiger partial charge in [0, 0.05) is 5.25 Å². The van der Waals surface area contributed by atoms with Gasteiger partial charge in [-0.3, -0.25) is 9.59 Å². The van der Waals surface area contributed by atoms with Crippen molar-refractivity contribution in [3.05, 3.63) is 69.1 Å². The van der Waals surface area contributed by atoms with Crippen LogP contribution >= 0.6 is 23.4 Å². The van der Waals surface area contributed by atoms with E-state index in [-0.39, 0.29) is 17.1 Å². The smallest absolute Gasteiger partial charge is 0.268 e. The Morgan fingerprint density at radius 1 is 1.00 bits per heavy atom. The number of nitrogens with zero attached hydrogens (tertiary/aromatic N) is 1. The average molecular weight is 386 g/mol. The van der Waals surface area contributed by atoms with Crippen molar-refractivity contribution in [3.63, 3.8) is 0 Å². The second-order valence-corrected chi connectivity index (χ2v) is 8.58. The van der Waals surface area contributed by atoms with Crippen molar-refractivity contribution in [1.29, 1.82) is 0 Å². The monoisotopic (exact) mass is 385 g/mol. The summed E-state index contributed by atoms with van der Waals surface area (Å²) in [6.07, 6.45) is 0. The Balaban J connectivity index is 2.18. The van der Waals surface area contributed by atoms with E-state index < -0.39 is 0 Å². The Morgan fingerprint density at radius 2 is 1.69 bits per heavy atom. The molecule has 26 heavy (non-hydrogen) atoms. The van der Waals surface area contributed by atoms with Crippen molar-refractivity contribution in [2.75, 3.05) is 4.90 Å². The number of halogens is 1. The minimum Gasteiger partial charge on any atom is -0.268 e. The highest BCUT2D eigenvalue weighted by atomic mass is 35.5. The molecule has 0 saturated heterocycles. The molecule has 3 nitrogen and oxygen atoms in total. The first kappa shape index (κ1) is 18.7. The van der Waals surface area contributed by atoms with Crippen molar-refractivity contribution < 1.29 is 9.59 Å². The number of para-hydroxylation sites is 1. The second kappa shape index (κ2) is 7.29. The highest BCUT2D eigenvalue weighted by Gasteiger charge is 2.41. The van der Waals surface area contributed by atoms with Gasteiger partial charge in [0.05, 0.1) is 21.2 Å². The lowest BCUT2D eigenvalue weighted by atomic mass is 9.99. The van der Waals surface area contributed by atoms with Crippen LogP contribution in [0.4, 0.5) is 5.69 Å². The number of hydrogen-bond acceptors (Lipinski definition) is 3. The summed E-state index contributed by atoms with van der Waals surface area (Å²) in [4.78, 5) is 28.1. The molecule has 0 N–H and O–H groups in total. The fraction of sp³-hybridized carbons (Fsp3) is 0.238. The van der Waals surface area contributed by atoms with E-state index in [4.69, 9.17) is 11.6 Å². The molecule has 5 heteroatoms. The molecule has 0 bridgehead atoms. The molecule has 1 aliphatic heterocycles. The van der Waals surface area contributed by atoms with E-state index in [1.807, 2.05) is 45.9 Å². The van der Waals surface area contributed by atoms with Gasteiger partial charge in [0.15, 0.2) is 0 Å². The molecular weight excluding hydrogens is 366 g/mol. The van der Waals surface area contributed by atoms with E-state index in [0.717, 1.165) is 16.7 Å². The Hall–Kier alpha value is -2.04. The van der Waals surface area contributed by atoms with Crippen molar-refractivity contribution in [2.24, 2.45) is 0 Å². The van der Waals surface area contributed by atoms with Crippen molar-refractivity contribution in [1.82, 2.24) is 0 Å². The van der Waals surface area contributed by atoms with E-state index >= 15 is 0 Å². The maximum absolute atomic E-state index is 13.3. The fourth-order valence-corrected chi connectivity index (χ4v) is 4.24. The zero-order valence-electron chi connectivity index (χ0n) is 15.2. The van der Waals surface area contributed by atoms with Crippen LogP contribution in [0.15, 0.2) is 47.4 Å². The van der Waals surface area contributed by atoms with Crippen molar-refractivity contribution >= 4 is 46.4 Å². The average Bonchev–Trinajstić information content (AvgIpc) is 2.79. The lowest BCUT2D eigenvalue weighted by Gasteiger charge is -2.17. The van der Waals surface area contributed by atoms with Crippen LogP contribution < -0.4 is 4.90 Å². The summed E-state index contributed by atoms with van der Waals surface area (Å²) in [5, 5.41) is 0.554. The molecule has 1 aliphatic rings. The summed E-state index contributed by atoms with van der Waals surface area (Å²) >= 11 is 7.68. The molecule has 2 aromatic rings. The molecule has 0 atom stereocenters. The van der Waals surface area contributed by atoms with Crippen LogP contribution in [0.1, 0.15) is 30.5 Å². The standard InChI is InChI=1S/C21H20ClNO2S/c1-12(2)26-19-18(15-10-9-13(3)11-14(15)4)20(24)23(21(19)25)17-8-6-5-7-16(17)22/h5-12H,1-4H3. The van der Waals surface area contributed by atoms with Gasteiger partial charge in [-0.05, 0) is 37.1 Å². The van der Waals surface area contributed by atoms with Gasteiger partial charge >= 0.3 is 0 Å². The van der Waals surface area contributed by atoms with Gasteiger partial charge in [0.1, 0.15) is 0 Å². The number of carbonyl (C=O) groups is 2. The second-order valence-electron chi connectivity index (χ2n) is 6.59. The summed E-state index contributed by atoms with van der Waals surface area (Å²) in [6.45, 7) is 7.98.